The summed E-state index contributed by atoms with van der Waals surface area (Å²) in [6, 6.07) is 12.0. The predicted molar refractivity (Wildman–Crippen MR) is 190 cm³/mol. The van der Waals surface area contributed by atoms with Crippen LogP contribution in [0.3, 0.4) is 0 Å². The Morgan fingerprint density at radius 3 is 2.02 bits per heavy atom. The Bertz CT molecular complexity index is 1570. The standard InChI is InChI=1S/C36H44N4O11S/c1-22(42)52-17-9-14-29(40-36(50)51-21-28-26-12-6-4-10-24(26)25-11-5-7-13-27(25)28)34(48)37-16-8-2-3-15-31(43)39-30(19-33(46)47)35(49)38-23(20-41)18-32(44)45/h4-7,10-13,20,23,28-30H,2-3,8-9,14-19,21H2,1H3,(H,37,48)(H,38,49)(H,39,43)(H,40,50)(H,44,45)(H,46,47). The van der Waals surface area contributed by atoms with Crippen LogP contribution in [-0.4, -0.2) is 94.4 Å². The van der Waals surface area contributed by atoms with Gasteiger partial charge in [-0.15, -0.1) is 0 Å². The molecule has 0 saturated heterocycles. The zero-order chi connectivity index (χ0) is 38.0. The first-order chi connectivity index (χ1) is 24.9. The van der Waals surface area contributed by atoms with Crippen LogP contribution in [0.2, 0.25) is 0 Å². The number of rotatable bonds is 22. The topological polar surface area (TPSA) is 234 Å². The van der Waals surface area contributed by atoms with E-state index in [2.05, 4.69) is 21.3 Å². The van der Waals surface area contributed by atoms with E-state index in [4.69, 9.17) is 14.9 Å². The lowest BCUT2D eigenvalue weighted by Gasteiger charge is -2.20. The molecular weight excluding hydrogens is 696 g/mol. The molecule has 0 saturated carbocycles. The van der Waals surface area contributed by atoms with Crippen LogP contribution in [0.15, 0.2) is 48.5 Å². The van der Waals surface area contributed by atoms with E-state index in [1.54, 1.807) is 0 Å². The van der Waals surface area contributed by atoms with Gasteiger partial charge in [0.25, 0.3) is 0 Å². The molecule has 2 aromatic carbocycles. The van der Waals surface area contributed by atoms with E-state index in [0.29, 0.717) is 31.4 Å². The molecule has 0 spiro atoms. The molecule has 15 nitrogen and oxygen atoms in total. The van der Waals surface area contributed by atoms with Gasteiger partial charge in [-0.05, 0) is 47.9 Å². The van der Waals surface area contributed by atoms with Crippen molar-refractivity contribution in [1.29, 1.82) is 0 Å². The quantitative estimate of drug-likeness (QED) is 0.0756. The van der Waals surface area contributed by atoms with E-state index in [0.717, 1.165) is 34.0 Å². The van der Waals surface area contributed by atoms with E-state index in [-0.39, 0.29) is 43.3 Å². The number of carbonyl (C=O) groups is 8. The normalized spacial score (nSPS) is 13.3. The Labute approximate surface area is 305 Å². The second-order valence-corrected chi connectivity index (χ2v) is 13.4. The second-order valence-electron chi connectivity index (χ2n) is 12.2. The fourth-order valence-corrected chi connectivity index (χ4v) is 6.33. The molecule has 0 bridgehead atoms. The summed E-state index contributed by atoms with van der Waals surface area (Å²) in [5.41, 5.74) is 4.27. The van der Waals surface area contributed by atoms with Crippen molar-refractivity contribution in [3.05, 3.63) is 59.7 Å². The molecule has 0 aliphatic heterocycles. The van der Waals surface area contributed by atoms with Gasteiger partial charge < -0.3 is 41.0 Å². The highest BCUT2D eigenvalue weighted by molar-refractivity contribution is 8.13. The van der Waals surface area contributed by atoms with Gasteiger partial charge in [-0.1, -0.05) is 66.7 Å². The molecule has 0 fully saturated rings. The lowest BCUT2D eigenvalue weighted by Crippen LogP contribution is -2.51. The van der Waals surface area contributed by atoms with Crippen LogP contribution < -0.4 is 21.3 Å². The molecule has 2 aromatic rings. The number of aldehydes is 1. The Hall–Kier alpha value is -5.25. The highest BCUT2D eigenvalue weighted by Crippen LogP contribution is 2.44. The highest BCUT2D eigenvalue weighted by atomic mass is 32.2. The van der Waals surface area contributed by atoms with Crippen LogP contribution in [0.1, 0.15) is 75.3 Å². The van der Waals surface area contributed by atoms with Gasteiger partial charge in [0.1, 0.15) is 25.0 Å². The van der Waals surface area contributed by atoms with Crippen molar-refractivity contribution in [1.82, 2.24) is 21.3 Å². The van der Waals surface area contributed by atoms with E-state index in [1.165, 1.54) is 6.92 Å². The van der Waals surface area contributed by atoms with Crippen molar-refractivity contribution in [2.45, 2.75) is 82.3 Å². The van der Waals surface area contributed by atoms with E-state index in [9.17, 15) is 38.4 Å². The number of alkyl carbamates (subject to hydrolysis) is 1. The summed E-state index contributed by atoms with van der Waals surface area (Å²) in [5.74, 6) is -4.47. The molecular formula is C36H44N4O11S. The molecule has 3 atom stereocenters. The number of fused-ring (bicyclic) bond motifs is 3. The Morgan fingerprint density at radius 2 is 1.42 bits per heavy atom. The largest absolute Gasteiger partial charge is 0.481 e. The summed E-state index contributed by atoms with van der Waals surface area (Å²) in [6.07, 6.45) is -0.0507. The molecule has 0 radical (unpaired) electrons. The van der Waals surface area contributed by atoms with Gasteiger partial charge in [0.05, 0.1) is 18.9 Å². The number of ether oxygens (including phenoxy) is 1. The lowest BCUT2D eigenvalue weighted by molar-refractivity contribution is -0.142. The molecule has 280 valence electrons. The highest BCUT2D eigenvalue weighted by Gasteiger charge is 2.30. The van der Waals surface area contributed by atoms with Crippen molar-refractivity contribution in [2.75, 3.05) is 18.9 Å². The number of unbranched alkanes of at least 4 members (excludes halogenated alkanes) is 2. The molecule has 52 heavy (non-hydrogen) atoms. The Balaban J connectivity index is 1.46. The fourth-order valence-electron chi connectivity index (χ4n) is 5.73. The maximum atomic E-state index is 13.1. The van der Waals surface area contributed by atoms with Gasteiger partial charge in [-0.2, -0.15) is 0 Å². The zero-order valence-electron chi connectivity index (χ0n) is 28.8. The average Bonchev–Trinajstić information content (AvgIpc) is 3.42. The van der Waals surface area contributed by atoms with Crippen molar-refractivity contribution >= 4 is 58.9 Å². The van der Waals surface area contributed by atoms with E-state index in [1.807, 2.05) is 48.5 Å². The summed E-state index contributed by atoms with van der Waals surface area (Å²) in [4.78, 5) is 95.4. The van der Waals surface area contributed by atoms with Gasteiger partial charge in [0.15, 0.2) is 5.12 Å². The monoisotopic (exact) mass is 740 g/mol. The number of hydrogen-bond donors (Lipinski definition) is 6. The molecule has 4 amide bonds. The van der Waals surface area contributed by atoms with Crippen LogP contribution in [-0.2, 0) is 38.3 Å². The summed E-state index contributed by atoms with van der Waals surface area (Å²) in [5, 5.41) is 27.8. The first-order valence-corrected chi connectivity index (χ1v) is 17.9. The van der Waals surface area contributed by atoms with Gasteiger partial charge in [-0.25, -0.2) is 4.79 Å². The van der Waals surface area contributed by atoms with Crippen LogP contribution >= 0.6 is 11.8 Å². The number of hydrogen-bond acceptors (Lipinski definition) is 10. The summed E-state index contributed by atoms with van der Waals surface area (Å²) >= 11 is 1.13. The molecule has 0 aromatic heterocycles. The summed E-state index contributed by atoms with van der Waals surface area (Å²) in [6.45, 7) is 1.76. The van der Waals surface area contributed by atoms with E-state index >= 15 is 0 Å². The third-order valence-electron chi connectivity index (χ3n) is 8.19. The van der Waals surface area contributed by atoms with Crippen molar-refractivity contribution < 1.29 is 53.3 Å². The Morgan fingerprint density at radius 1 is 0.788 bits per heavy atom. The van der Waals surface area contributed by atoms with E-state index < -0.39 is 66.7 Å². The maximum Gasteiger partial charge on any atom is 0.407 e. The van der Waals surface area contributed by atoms with Crippen molar-refractivity contribution in [3.63, 3.8) is 0 Å². The maximum absolute atomic E-state index is 13.1. The molecule has 6 N–H and O–H groups in total. The predicted octanol–water partition coefficient (Wildman–Crippen LogP) is 2.75. The van der Waals surface area contributed by atoms with Crippen LogP contribution in [0, 0.1) is 0 Å². The second kappa shape index (κ2) is 21.2. The third kappa shape index (κ3) is 13.5. The number of aliphatic carboxylic acids is 2. The number of carbonyl (C=O) groups excluding carboxylic acids is 6. The zero-order valence-corrected chi connectivity index (χ0v) is 29.6. The number of nitrogens with one attached hydrogen (secondary N) is 4. The van der Waals surface area contributed by atoms with Gasteiger partial charge in [0.2, 0.25) is 17.7 Å². The molecule has 16 heteroatoms. The molecule has 1 aliphatic rings. The average molecular weight is 741 g/mol. The third-order valence-corrected chi connectivity index (χ3v) is 9.09. The first kappa shape index (κ1) is 41.2. The number of carboxylic acids is 2. The van der Waals surface area contributed by atoms with Crippen LogP contribution in [0.25, 0.3) is 11.1 Å². The summed E-state index contributed by atoms with van der Waals surface area (Å²) in [7, 11) is 0. The number of carboxylic acid groups (broad SMARTS) is 2. The van der Waals surface area contributed by atoms with Gasteiger partial charge in [0, 0.05) is 31.6 Å². The minimum atomic E-state index is -1.52. The lowest BCUT2D eigenvalue weighted by atomic mass is 9.98. The molecule has 3 rings (SSSR count). The van der Waals surface area contributed by atoms with Crippen LogP contribution in [0.5, 0.6) is 0 Å². The molecule has 0 heterocycles. The summed E-state index contributed by atoms with van der Waals surface area (Å²) < 4.78 is 5.62. The van der Waals surface area contributed by atoms with Crippen LogP contribution in [0.4, 0.5) is 4.79 Å². The van der Waals surface area contributed by atoms with Crippen molar-refractivity contribution in [2.24, 2.45) is 0 Å². The number of benzene rings is 2. The van der Waals surface area contributed by atoms with Gasteiger partial charge >= 0.3 is 18.0 Å². The first-order valence-electron chi connectivity index (χ1n) is 16.9. The number of amides is 4. The number of thioether (sulfide) groups is 1. The molecule has 3 unspecified atom stereocenters. The Kier molecular flexibility index (Phi) is 16.8. The van der Waals surface area contributed by atoms with Gasteiger partial charge in [-0.3, -0.25) is 28.8 Å². The fraction of sp³-hybridized carbons (Fsp3) is 0.444. The minimum absolute atomic E-state index is 0.0536. The van der Waals surface area contributed by atoms with Crippen molar-refractivity contribution in [3.8, 4) is 11.1 Å². The minimum Gasteiger partial charge on any atom is -0.481 e. The smallest absolute Gasteiger partial charge is 0.407 e. The SMILES string of the molecule is CC(=O)SCCCC(NC(=O)OCC1c2ccccc2-c2ccccc21)C(=O)NCCCCCC(=O)NC(CC(=O)O)C(=O)NC(C=O)CC(=O)O. The molecule has 1 aliphatic carbocycles.